The Balaban J connectivity index is 2.19. The van der Waals surface area contributed by atoms with Gasteiger partial charge in [0.25, 0.3) is 5.69 Å². The molecule has 5 heteroatoms. The fourth-order valence-corrected chi connectivity index (χ4v) is 2.64. The maximum absolute atomic E-state index is 10.7. The molecule has 0 aromatic heterocycles. The Morgan fingerprint density at radius 2 is 2.00 bits per heavy atom. The summed E-state index contributed by atoms with van der Waals surface area (Å²) in [6.45, 7) is 0. The molecule has 1 aromatic rings. The number of nitro benzene ring substituents is 1. The molecular weight excluding hydrogens is 230 g/mol. The molecule has 1 saturated carbocycles. The lowest BCUT2D eigenvalue weighted by molar-refractivity contribution is -0.384. The monoisotopic (exact) mass is 249 g/mol. The lowest BCUT2D eigenvalue weighted by atomic mass is 9.94. The minimum atomic E-state index is -0.416. The molecule has 18 heavy (non-hydrogen) atoms. The normalized spacial score (nSPS) is 16.5. The van der Waals surface area contributed by atoms with E-state index in [1.165, 1.54) is 44.2 Å². The third-order valence-electron chi connectivity index (χ3n) is 3.72. The van der Waals surface area contributed by atoms with Crippen LogP contribution in [0.5, 0.6) is 0 Å². The van der Waals surface area contributed by atoms with Gasteiger partial charge in [-0.05, 0) is 18.9 Å². The molecule has 0 bridgehead atoms. The highest BCUT2D eigenvalue weighted by molar-refractivity contribution is 5.70. The number of rotatable bonds is 3. The van der Waals surface area contributed by atoms with Gasteiger partial charge in [0.1, 0.15) is 0 Å². The van der Waals surface area contributed by atoms with Crippen LogP contribution in [0.2, 0.25) is 0 Å². The van der Waals surface area contributed by atoms with Crippen molar-refractivity contribution < 1.29 is 4.92 Å². The van der Waals surface area contributed by atoms with E-state index in [4.69, 9.17) is 5.73 Å². The lowest BCUT2D eigenvalue weighted by Crippen LogP contribution is -2.33. The standard InChI is InChI=1S/C13H19N3O2/c1-15(10-5-3-2-4-6-10)13-8-7-11(16(17)18)9-12(13)14/h7-10H,2-6,14H2,1H3. The van der Waals surface area contributed by atoms with Crippen LogP contribution in [-0.2, 0) is 0 Å². The number of anilines is 2. The Bertz CT molecular complexity index is 442. The SMILES string of the molecule is CN(c1ccc([N+](=O)[O-])cc1N)C1CCCCC1. The van der Waals surface area contributed by atoms with E-state index >= 15 is 0 Å². The highest BCUT2D eigenvalue weighted by atomic mass is 16.6. The molecule has 0 saturated heterocycles. The lowest BCUT2D eigenvalue weighted by Gasteiger charge is -2.33. The van der Waals surface area contributed by atoms with Crippen LogP contribution >= 0.6 is 0 Å². The van der Waals surface area contributed by atoms with Crippen molar-refractivity contribution in [2.24, 2.45) is 0 Å². The zero-order valence-corrected chi connectivity index (χ0v) is 10.6. The van der Waals surface area contributed by atoms with Crippen LogP contribution < -0.4 is 10.6 Å². The maximum atomic E-state index is 10.7. The van der Waals surface area contributed by atoms with Crippen LogP contribution in [0.25, 0.3) is 0 Å². The van der Waals surface area contributed by atoms with Crippen molar-refractivity contribution in [3.63, 3.8) is 0 Å². The van der Waals surface area contributed by atoms with E-state index in [-0.39, 0.29) is 5.69 Å². The third-order valence-corrected chi connectivity index (χ3v) is 3.72. The average molecular weight is 249 g/mol. The summed E-state index contributed by atoms with van der Waals surface area (Å²) in [6, 6.07) is 5.21. The highest BCUT2D eigenvalue weighted by Crippen LogP contribution is 2.31. The van der Waals surface area contributed by atoms with E-state index in [0.29, 0.717) is 11.7 Å². The zero-order valence-electron chi connectivity index (χ0n) is 10.6. The molecule has 1 aliphatic carbocycles. The zero-order chi connectivity index (χ0) is 13.1. The van der Waals surface area contributed by atoms with E-state index in [1.807, 2.05) is 7.05 Å². The van der Waals surface area contributed by atoms with E-state index in [2.05, 4.69) is 4.90 Å². The number of non-ortho nitro benzene ring substituents is 1. The van der Waals surface area contributed by atoms with Gasteiger partial charge in [0.2, 0.25) is 0 Å². The number of nitrogens with zero attached hydrogens (tertiary/aromatic N) is 2. The van der Waals surface area contributed by atoms with E-state index in [0.717, 1.165) is 5.69 Å². The number of hydrogen-bond acceptors (Lipinski definition) is 4. The van der Waals surface area contributed by atoms with Gasteiger partial charge in [-0.25, -0.2) is 0 Å². The predicted octanol–water partition coefficient (Wildman–Crippen LogP) is 2.95. The van der Waals surface area contributed by atoms with E-state index in [9.17, 15) is 10.1 Å². The Kier molecular flexibility index (Phi) is 3.69. The van der Waals surface area contributed by atoms with E-state index < -0.39 is 4.92 Å². The quantitative estimate of drug-likeness (QED) is 0.508. The molecule has 2 rings (SSSR count). The van der Waals surface area contributed by atoms with Gasteiger partial charge in [0, 0.05) is 25.2 Å². The molecule has 0 aliphatic heterocycles. The summed E-state index contributed by atoms with van der Waals surface area (Å²) >= 11 is 0. The molecule has 0 spiro atoms. The van der Waals surface area contributed by atoms with Gasteiger partial charge in [0.05, 0.1) is 16.3 Å². The summed E-state index contributed by atoms with van der Waals surface area (Å²) < 4.78 is 0. The third kappa shape index (κ3) is 2.55. The summed E-state index contributed by atoms with van der Waals surface area (Å²) in [4.78, 5) is 12.4. The number of nitro groups is 1. The maximum Gasteiger partial charge on any atom is 0.271 e. The van der Waals surface area contributed by atoms with Crippen molar-refractivity contribution >= 4 is 17.1 Å². The largest absolute Gasteiger partial charge is 0.397 e. The molecule has 0 unspecified atom stereocenters. The first-order chi connectivity index (χ1) is 8.59. The molecule has 1 aromatic carbocycles. The van der Waals surface area contributed by atoms with Crippen LogP contribution in [-0.4, -0.2) is 18.0 Å². The average Bonchev–Trinajstić information content (AvgIpc) is 2.38. The topological polar surface area (TPSA) is 72.4 Å². The van der Waals surface area contributed by atoms with Gasteiger partial charge in [-0.1, -0.05) is 19.3 Å². The van der Waals surface area contributed by atoms with Crippen LogP contribution in [0.4, 0.5) is 17.1 Å². The number of hydrogen-bond donors (Lipinski definition) is 1. The molecule has 0 atom stereocenters. The van der Waals surface area contributed by atoms with Crippen molar-refractivity contribution in [1.82, 2.24) is 0 Å². The fraction of sp³-hybridized carbons (Fsp3) is 0.538. The summed E-state index contributed by atoms with van der Waals surface area (Å²) in [5, 5.41) is 10.7. The van der Waals surface area contributed by atoms with Gasteiger partial charge < -0.3 is 10.6 Å². The summed E-state index contributed by atoms with van der Waals surface area (Å²) in [5.41, 5.74) is 7.35. The van der Waals surface area contributed by atoms with Crippen molar-refractivity contribution in [2.75, 3.05) is 17.7 Å². The molecule has 1 aliphatic rings. The number of nitrogens with two attached hydrogens (primary N) is 1. The minimum Gasteiger partial charge on any atom is -0.397 e. The minimum absolute atomic E-state index is 0.0493. The first-order valence-corrected chi connectivity index (χ1v) is 6.36. The fourth-order valence-electron chi connectivity index (χ4n) is 2.64. The second-order valence-electron chi connectivity index (χ2n) is 4.90. The van der Waals surface area contributed by atoms with Crippen LogP contribution in [0.3, 0.4) is 0 Å². The Labute approximate surface area is 107 Å². The first-order valence-electron chi connectivity index (χ1n) is 6.36. The van der Waals surface area contributed by atoms with Gasteiger partial charge >= 0.3 is 0 Å². The van der Waals surface area contributed by atoms with Crippen molar-refractivity contribution in [2.45, 2.75) is 38.1 Å². The summed E-state index contributed by atoms with van der Waals surface area (Å²) in [5.74, 6) is 0. The Morgan fingerprint density at radius 1 is 1.33 bits per heavy atom. The highest BCUT2D eigenvalue weighted by Gasteiger charge is 2.20. The van der Waals surface area contributed by atoms with Crippen molar-refractivity contribution in [3.8, 4) is 0 Å². The van der Waals surface area contributed by atoms with Gasteiger partial charge in [-0.2, -0.15) is 0 Å². The Hall–Kier alpha value is -1.78. The van der Waals surface area contributed by atoms with Gasteiger partial charge in [-0.15, -0.1) is 0 Å². The number of nitrogen functional groups attached to an aromatic ring is 1. The van der Waals surface area contributed by atoms with E-state index in [1.54, 1.807) is 6.07 Å². The van der Waals surface area contributed by atoms with Crippen LogP contribution in [0.1, 0.15) is 32.1 Å². The summed E-state index contributed by atoms with van der Waals surface area (Å²) in [7, 11) is 2.02. The molecule has 1 fully saturated rings. The van der Waals surface area contributed by atoms with Crippen LogP contribution in [0, 0.1) is 10.1 Å². The second-order valence-corrected chi connectivity index (χ2v) is 4.90. The summed E-state index contributed by atoms with van der Waals surface area (Å²) in [6.07, 6.45) is 6.16. The molecule has 0 radical (unpaired) electrons. The second kappa shape index (κ2) is 5.25. The molecule has 5 nitrogen and oxygen atoms in total. The first kappa shape index (κ1) is 12.7. The molecule has 2 N–H and O–H groups in total. The molecular formula is C13H19N3O2. The smallest absolute Gasteiger partial charge is 0.271 e. The molecule has 98 valence electrons. The predicted molar refractivity (Wildman–Crippen MR) is 72.8 cm³/mol. The van der Waals surface area contributed by atoms with Crippen molar-refractivity contribution in [1.29, 1.82) is 0 Å². The number of benzene rings is 1. The van der Waals surface area contributed by atoms with Crippen LogP contribution in [0.15, 0.2) is 18.2 Å². The molecule has 0 amide bonds. The van der Waals surface area contributed by atoms with Gasteiger partial charge in [-0.3, -0.25) is 10.1 Å². The Morgan fingerprint density at radius 3 is 2.56 bits per heavy atom. The van der Waals surface area contributed by atoms with Gasteiger partial charge in [0.15, 0.2) is 0 Å². The molecule has 0 heterocycles. The van der Waals surface area contributed by atoms with Crippen molar-refractivity contribution in [3.05, 3.63) is 28.3 Å².